The van der Waals surface area contributed by atoms with Crippen LogP contribution in [0.1, 0.15) is 25.7 Å². The molecule has 0 heterocycles. The first kappa shape index (κ1) is 13.9. The highest BCUT2D eigenvalue weighted by atomic mass is 16.4. The van der Waals surface area contributed by atoms with Gasteiger partial charge < -0.3 is 21.5 Å². The Hall–Kier alpha value is -1.14. The van der Waals surface area contributed by atoms with Crippen molar-refractivity contribution >= 4 is 11.9 Å². The third kappa shape index (κ3) is 2.95. The number of nitrogens with two attached hydrogens (primary N) is 1. The number of hydrogen-bond donors (Lipinski definition) is 4. The van der Waals surface area contributed by atoms with Crippen molar-refractivity contribution in [1.29, 1.82) is 0 Å². The summed E-state index contributed by atoms with van der Waals surface area (Å²) >= 11 is 0. The summed E-state index contributed by atoms with van der Waals surface area (Å²) in [7, 11) is 3.31. The molecule has 0 bridgehead atoms. The van der Waals surface area contributed by atoms with E-state index in [1.165, 1.54) is 0 Å². The molecule has 1 aliphatic carbocycles. The first-order chi connectivity index (χ1) is 7.97. The number of likely N-dealkylation sites (N-methyl/N-ethyl adjacent to an activating group) is 2. The molecule has 1 amide bonds. The van der Waals surface area contributed by atoms with Crippen LogP contribution in [0, 0.1) is 5.92 Å². The number of amides is 1. The number of nitrogens with one attached hydrogen (secondary N) is 2. The van der Waals surface area contributed by atoms with Gasteiger partial charge >= 0.3 is 5.97 Å². The third-order valence-corrected chi connectivity index (χ3v) is 3.62. The van der Waals surface area contributed by atoms with Crippen molar-refractivity contribution in [2.24, 2.45) is 11.7 Å². The fraction of sp³-hybridized carbons (Fsp3) is 0.818. The molecular weight excluding hydrogens is 222 g/mol. The number of carboxylic acids is 1. The van der Waals surface area contributed by atoms with Gasteiger partial charge in [0.25, 0.3) is 0 Å². The molecular formula is C11H21N3O3. The molecule has 1 aliphatic rings. The van der Waals surface area contributed by atoms with Crippen LogP contribution in [-0.4, -0.2) is 42.7 Å². The fourth-order valence-electron chi connectivity index (χ4n) is 2.30. The van der Waals surface area contributed by atoms with E-state index in [-0.39, 0.29) is 5.92 Å². The minimum Gasteiger partial charge on any atom is -0.480 e. The zero-order chi connectivity index (χ0) is 13.1. The van der Waals surface area contributed by atoms with Gasteiger partial charge in [-0.25, -0.2) is 0 Å². The minimum absolute atomic E-state index is 0.162. The van der Waals surface area contributed by atoms with Gasteiger partial charge in [-0.05, 0) is 45.7 Å². The lowest BCUT2D eigenvalue weighted by molar-refractivity contribution is -0.146. The normalized spacial score (nSPS) is 20.6. The highest BCUT2D eigenvalue weighted by Gasteiger charge is 2.50. The van der Waals surface area contributed by atoms with E-state index in [2.05, 4.69) is 10.6 Å². The van der Waals surface area contributed by atoms with E-state index in [0.717, 1.165) is 12.8 Å². The summed E-state index contributed by atoms with van der Waals surface area (Å²) in [6.07, 6.45) is 2.68. The van der Waals surface area contributed by atoms with Crippen LogP contribution in [0.25, 0.3) is 0 Å². The van der Waals surface area contributed by atoms with E-state index in [1.54, 1.807) is 14.1 Å². The molecule has 98 valence electrons. The SMILES string of the molecule is CNC(CCC(NC)(C(=O)O)C1CC1)C(N)=O. The number of primary amides is 1. The average Bonchev–Trinajstić information content (AvgIpc) is 3.08. The van der Waals surface area contributed by atoms with E-state index in [9.17, 15) is 14.7 Å². The molecule has 6 nitrogen and oxygen atoms in total. The Morgan fingerprint density at radius 2 is 2.06 bits per heavy atom. The molecule has 17 heavy (non-hydrogen) atoms. The smallest absolute Gasteiger partial charge is 0.324 e. The van der Waals surface area contributed by atoms with Gasteiger partial charge in [0.1, 0.15) is 5.54 Å². The first-order valence-electron chi connectivity index (χ1n) is 5.86. The summed E-state index contributed by atoms with van der Waals surface area (Å²) < 4.78 is 0. The molecule has 0 saturated heterocycles. The molecule has 1 saturated carbocycles. The van der Waals surface area contributed by atoms with Crippen LogP contribution in [-0.2, 0) is 9.59 Å². The molecule has 2 atom stereocenters. The van der Waals surface area contributed by atoms with Crippen LogP contribution in [0.5, 0.6) is 0 Å². The summed E-state index contributed by atoms with van der Waals surface area (Å²) in [4.78, 5) is 22.5. The minimum atomic E-state index is -0.912. The Morgan fingerprint density at radius 3 is 2.35 bits per heavy atom. The standard InChI is InChI=1S/C11H21N3O3/c1-13-8(9(12)15)5-6-11(14-2,10(16)17)7-3-4-7/h7-8,13-14H,3-6H2,1-2H3,(H2,12,15)(H,16,17). The predicted octanol–water partition coefficient (Wildman–Crippen LogP) is -0.707. The van der Waals surface area contributed by atoms with E-state index in [0.29, 0.717) is 12.8 Å². The largest absolute Gasteiger partial charge is 0.480 e. The van der Waals surface area contributed by atoms with Crippen LogP contribution in [0.3, 0.4) is 0 Å². The highest BCUT2D eigenvalue weighted by molar-refractivity contribution is 5.81. The maximum Gasteiger partial charge on any atom is 0.324 e. The molecule has 6 heteroatoms. The molecule has 0 aliphatic heterocycles. The molecule has 2 unspecified atom stereocenters. The van der Waals surface area contributed by atoms with E-state index in [1.807, 2.05) is 0 Å². The van der Waals surface area contributed by atoms with Crippen molar-refractivity contribution in [3.8, 4) is 0 Å². The zero-order valence-corrected chi connectivity index (χ0v) is 10.3. The van der Waals surface area contributed by atoms with Crippen LogP contribution >= 0.6 is 0 Å². The van der Waals surface area contributed by atoms with Crippen molar-refractivity contribution in [2.45, 2.75) is 37.3 Å². The monoisotopic (exact) mass is 243 g/mol. The molecule has 0 radical (unpaired) electrons. The summed E-state index contributed by atoms with van der Waals surface area (Å²) in [6.45, 7) is 0. The van der Waals surface area contributed by atoms with Crippen molar-refractivity contribution in [3.05, 3.63) is 0 Å². The number of hydrogen-bond acceptors (Lipinski definition) is 4. The fourth-order valence-corrected chi connectivity index (χ4v) is 2.30. The van der Waals surface area contributed by atoms with Crippen molar-refractivity contribution < 1.29 is 14.7 Å². The second-order valence-corrected chi connectivity index (χ2v) is 4.58. The predicted molar refractivity (Wildman–Crippen MR) is 63.4 cm³/mol. The zero-order valence-electron chi connectivity index (χ0n) is 10.3. The molecule has 0 aromatic heterocycles. The second kappa shape index (κ2) is 5.46. The number of carbonyl (C=O) groups is 2. The highest BCUT2D eigenvalue weighted by Crippen LogP contribution is 2.42. The van der Waals surface area contributed by atoms with E-state index >= 15 is 0 Å². The van der Waals surface area contributed by atoms with Gasteiger partial charge in [-0.1, -0.05) is 0 Å². The van der Waals surface area contributed by atoms with E-state index in [4.69, 9.17) is 5.73 Å². The van der Waals surface area contributed by atoms with Crippen LogP contribution in [0.2, 0.25) is 0 Å². The Labute approximate surface area is 101 Å². The van der Waals surface area contributed by atoms with Gasteiger partial charge in [-0.3, -0.25) is 9.59 Å². The topological polar surface area (TPSA) is 104 Å². The van der Waals surface area contributed by atoms with Crippen LogP contribution < -0.4 is 16.4 Å². The maximum atomic E-state index is 11.4. The first-order valence-corrected chi connectivity index (χ1v) is 5.86. The average molecular weight is 243 g/mol. The van der Waals surface area contributed by atoms with Gasteiger partial charge in [0.2, 0.25) is 5.91 Å². The lowest BCUT2D eigenvalue weighted by Crippen LogP contribution is -2.53. The maximum absolute atomic E-state index is 11.4. The van der Waals surface area contributed by atoms with Gasteiger partial charge in [0.05, 0.1) is 6.04 Å². The third-order valence-electron chi connectivity index (χ3n) is 3.62. The van der Waals surface area contributed by atoms with Gasteiger partial charge in [-0.2, -0.15) is 0 Å². The summed E-state index contributed by atoms with van der Waals surface area (Å²) in [5, 5.41) is 15.1. The Kier molecular flexibility index (Phi) is 4.47. The Morgan fingerprint density at radius 1 is 1.47 bits per heavy atom. The Balaban J connectivity index is 2.67. The van der Waals surface area contributed by atoms with Crippen molar-refractivity contribution in [1.82, 2.24) is 10.6 Å². The van der Waals surface area contributed by atoms with Crippen molar-refractivity contribution in [2.75, 3.05) is 14.1 Å². The molecule has 0 aromatic rings. The number of carbonyl (C=O) groups excluding carboxylic acids is 1. The molecule has 0 aromatic carbocycles. The molecule has 5 N–H and O–H groups in total. The second-order valence-electron chi connectivity index (χ2n) is 4.58. The van der Waals surface area contributed by atoms with Crippen LogP contribution in [0.15, 0.2) is 0 Å². The number of aliphatic carboxylic acids is 1. The summed E-state index contributed by atoms with van der Waals surface area (Å²) in [5.41, 5.74) is 4.30. The quantitative estimate of drug-likeness (QED) is 0.451. The number of rotatable bonds is 8. The number of carboxylic acid groups (broad SMARTS) is 1. The summed E-state index contributed by atoms with van der Waals surface area (Å²) in [6, 6.07) is -0.471. The van der Waals surface area contributed by atoms with Crippen LogP contribution in [0.4, 0.5) is 0 Å². The van der Waals surface area contributed by atoms with Gasteiger partial charge in [0, 0.05) is 0 Å². The van der Waals surface area contributed by atoms with E-state index < -0.39 is 23.5 Å². The van der Waals surface area contributed by atoms with Gasteiger partial charge in [0.15, 0.2) is 0 Å². The van der Waals surface area contributed by atoms with Gasteiger partial charge in [-0.15, -0.1) is 0 Å². The molecule has 1 rings (SSSR count). The lowest BCUT2D eigenvalue weighted by atomic mass is 9.86. The molecule has 0 spiro atoms. The Bertz CT molecular complexity index is 304. The van der Waals surface area contributed by atoms with Crippen molar-refractivity contribution in [3.63, 3.8) is 0 Å². The lowest BCUT2D eigenvalue weighted by Gasteiger charge is -2.30. The molecule has 1 fully saturated rings. The summed E-state index contributed by atoms with van der Waals surface area (Å²) in [5.74, 6) is -1.13.